The second-order valence-corrected chi connectivity index (χ2v) is 7.13. The van der Waals surface area contributed by atoms with Crippen molar-refractivity contribution in [3.8, 4) is 5.75 Å². The van der Waals surface area contributed by atoms with Crippen molar-refractivity contribution in [3.05, 3.63) is 70.3 Å². The second kappa shape index (κ2) is 10.0. The number of nitrogens with zero attached hydrogens (tertiary/aromatic N) is 2. The maximum Gasteiger partial charge on any atom is 0.337 e. The second-order valence-electron chi connectivity index (χ2n) is 7.13. The summed E-state index contributed by atoms with van der Waals surface area (Å²) in [5.74, 6) is 0.846. The van der Waals surface area contributed by atoms with Gasteiger partial charge in [0.1, 0.15) is 18.2 Å². The number of hydrogen-bond donors (Lipinski definition) is 1. The van der Waals surface area contributed by atoms with Crippen LogP contribution in [-0.4, -0.2) is 47.1 Å². The molecule has 30 heavy (non-hydrogen) atoms. The highest BCUT2D eigenvalue weighted by atomic mass is 16.5. The smallest absolute Gasteiger partial charge is 0.337 e. The van der Waals surface area contributed by atoms with E-state index >= 15 is 0 Å². The van der Waals surface area contributed by atoms with Gasteiger partial charge in [-0.1, -0.05) is 25.1 Å². The maximum absolute atomic E-state index is 12.4. The van der Waals surface area contributed by atoms with E-state index in [2.05, 4.69) is 28.7 Å². The molecular weight excluding hydrogens is 382 g/mol. The van der Waals surface area contributed by atoms with Gasteiger partial charge >= 0.3 is 5.97 Å². The molecule has 1 heterocycles. The summed E-state index contributed by atoms with van der Waals surface area (Å²) in [6.45, 7) is 5.85. The Bertz CT molecular complexity index is 1060. The first-order chi connectivity index (χ1) is 14.5. The van der Waals surface area contributed by atoms with E-state index in [9.17, 15) is 9.59 Å². The zero-order valence-corrected chi connectivity index (χ0v) is 17.6. The average Bonchev–Trinajstić information content (AvgIpc) is 2.77. The SMILES string of the molecule is CCC(C)N(CCOc1cccc(C(=O)OC)c1)Cc1nc2ccccc2c(=O)[nH]1. The first-order valence-corrected chi connectivity index (χ1v) is 10.0. The van der Waals surface area contributed by atoms with Crippen LogP contribution in [0.15, 0.2) is 53.3 Å². The van der Waals surface area contributed by atoms with E-state index in [0.29, 0.717) is 47.7 Å². The third-order valence-corrected chi connectivity index (χ3v) is 5.13. The van der Waals surface area contributed by atoms with Crippen molar-refractivity contribution < 1.29 is 14.3 Å². The Morgan fingerprint density at radius 3 is 2.77 bits per heavy atom. The van der Waals surface area contributed by atoms with Gasteiger partial charge in [-0.25, -0.2) is 9.78 Å². The van der Waals surface area contributed by atoms with Crippen LogP contribution in [0.1, 0.15) is 36.5 Å². The monoisotopic (exact) mass is 409 g/mol. The number of methoxy groups -OCH3 is 1. The van der Waals surface area contributed by atoms with Gasteiger partial charge in [0.2, 0.25) is 0 Å². The summed E-state index contributed by atoms with van der Waals surface area (Å²) in [4.78, 5) is 33.8. The van der Waals surface area contributed by atoms with Crippen LogP contribution in [0.2, 0.25) is 0 Å². The van der Waals surface area contributed by atoms with Gasteiger partial charge in [0.05, 0.1) is 30.1 Å². The molecular formula is C23H27N3O4. The van der Waals surface area contributed by atoms with Crippen molar-refractivity contribution in [2.45, 2.75) is 32.9 Å². The summed E-state index contributed by atoms with van der Waals surface area (Å²) < 4.78 is 10.6. The fourth-order valence-corrected chi connectivity index (χ4v) is 3.23. The highest BCUT2D eigenvalue weighted by Gasteiger charge is 2.15. The van der Waals surface area contributed by atoms with Crippen LogP contribution in [0.3, 0.4) is 0 Å². The lowest BCUT2D eigenvalue weighted by Gasteiger charge is -2.27. The Morgan fingerprint density at radius 1 is 1.20 bits per heavy atom. The molecule has 1 N–H and O–H groups in total. The Kier molecular flexibility index (Phi) is 7.19. The number of hydrogen-bond acceptors (Lipinski definition) is 6. The van der Waals surface area contributed by atoms with E-state index < -0.39 is 5.97 Å². The Balaban J connectivity index is 1.68. The number of carbonyl (C=O) groups is 1. The molecule has 0 aliphatic carbocycles. The fraction of sp³-hybridized carbons (Fsp3) is 0.348. The van der Waals surface area contributed by atoms with Crippen LogP contribution in [0.5, 0.6) is 5.75 Å². The van der Waals surface area contributed by atoms with E-state index in [4.69, 9.17) is 9.47 Å². The van der Waals surface area contributed by atoms with Gasteiger partial charge in [-0.3, -0.25) is 9.69 Å². The first kappa shape index (κ1) is 21.5. The number of rotatable bonds is 9. The minimum atomic E-state index is -0.395. The van der Waals surface area contributed by atoms with Crippen LogP contribution in [-0.2, 0) is 11.3 Å². The molecule has 0 saturated heterocycles. The summed E-state index contributed by atoms with van der Waals surface area (Å²) in [7, 11) is 1.35. The summed E-state index contributed by atoms with van der Waals surface area (Å²) in [6.07, 6.45) is 0.954. The minimum Gasteiger partial charge on any atom is -0.492 e. The molecule has 0 saturated carbocycles. The lowest BCUT2D eigenvalue weighted by Crippen LogP contribution is -2.36. The fourth-order valence-electron chi connectivity index (χ4n) is 3.23. The zero-order chi connectivity index (χ0) is 21.5. The largest absolute Gasteiger partial charge is 0.492 e. The number of fused-ring (bicyclic) bond motifs is 1. The number of aromatic amines is 1. The molecule has 0 amide bonds. The minimum absolute atomic E-state index is 0.129. The van der Waals surface area contributed by atoms with Gasteiger partial charge in [0.15, 0.2) is 0 Å². The van der Waals surface area contributed by atoms with Gasteiger partial charge in [0.25, 0.3) is 5.56 Å². The number of benzene rings is 2. The van der Waals surface area contributed by atoms with E-state index in [1.165, 1.54) is 7.11 Å². The number of H-pyrrole nitrogens is 1. The van der Waals surface area contributed by atoms with Gasteiger partial charge < -0.3 is 14.5 Å². The van der Waals surface area contributed by atoms with Crippen molar-refractivity contribution in [2.75, 3.05) is 20.3 Å². The summed E-state index contributed by atoms with van der Waals surface area (Å²) >= 11 is 0. The van der Waals surface area contributed by atoms with Gasteiger partial charge in [-0.15, -0.1) is 0 Å². The molecule has 3 aromatic rings. The predicted octanol–water partition coefficient (Wildman–Crippen LogP) is 3.39. The molecule has 7 heteroatoms. The van der Waals surface area contributed by atoms with Gasteiger partial charge in [-0.2, -0.15) is 0 Å². The number of carbonyl (C=O) groups excluding carboxylic acids is 1. The summed E-state index contributed by atoms with van der Waals surface area (Å²) in [5.41, 5.74) is 1.01. The molecule has 0 bridgehead atoms. The molecule has 2 aromatic carbocycles. The third-order valence-electron chi connectivity index (χ3n) is 5.13. The van der Waals surface area contributed by atoms with Crippen LogP contribution in [0, 0.1) is 0 Å². The van der Waals surface area contributed by atoms with Gasteiger partial charge in [-0.05, 0) is 43.7 Å². The molecule has 3 rings (SSSR count). The number of aromatic nitrogens is 2. The van der Waals surface area contributed by atoms with E-state index in [0.717, 1.165) is 6.42 Å². The zero-order valence-electron chi connectivity index (χ0n) is 17.6. The lowest BCUT2D eigenvalue weighted by atomic mass is 10.2. The Hall–Kier alpha value is -3.19. The van der Waals surface area contributed by atoms with Crippen molar-refractivity contribution in [1.29, 1.82) is 0 Å². The number of nitrogens with one attached hydrogen (secondary N) is 1. The van der Waals surface area contributed by atoms with Gasteiger partial charge in [0, 0.05) is 12.6 Å². The first-order valence-electron chi connectivity index (χ1n) is 10.0. The van der Waals surface area contributed by atoms with Crippen molar-refractivity contribution in [1.82, 2.24) is 14.9 Å². The Morgan fingerprint density at radius 2 is 2.00 bits per heavy atom. The number of ether oxygens (including phenoxy) is 2. The van der Waals surface area contributed by atoms with E-state index in [-0.39, 0.29) is 11.6 Å². The van der Waals surface area contributed by atoms with Crippen LogP contribution < -0.4 is 10.3 Å². The molecule has 158 valence electrons. The van der Waals surface area contributed by atoms with E-state index in [1.807, 2.05) is 24.3 Å². The quantitative estimate of drug-likeness (QED) is 0.546. The van der Waals surface area contributed by atoms with Crippen molar-refractivity contribution >= 4 is 16.9 Å². The lowest BCUT2D eigenvalue weighted by molar-refractivity contribution is 0.0600. The standard InChI is InChI=1S/C23H27N3O4/c1-4-16(2)26(12-13-30-18-9-7-8-17(14-18)23(28)29-3)15-21-24-20-11-6-5-10-19(20)22(27)25-21/h5-11,14,16H,4,12-13,15H2,1-3H3,(H,24,25,27). The molecule has 0 spiro atoms. The third kappa shape index (κ3) is 5.24. The molecule has 1 unspecified atom stereocenters. The maximum atomic E-state index is 12.4. The highest BCUT2D eigenvalue weighted by Crippen LogP contribution is 2.15. The van der Waals surface area contributed by atoms with Crippen molar-refractivity contribution in [3.63, 3.8) is 0 Å². The number of para-hydroxylation sites is 1. The molecule has 1 atom stereocenters. The molecule has 0 aliphatic heterocycles. The van der Waals surface area contributed by atoms with Crippen molar-refractivity contribution in [2.24, 2.45) is 0 Å². The van der Waals surface area contributed by atoms with E-state index in [1.54, 1.807) is 24.3 Å². The van der Waals surface area contributed by atoms with Crippen LogP contribution in [0.25, 0.3) is 10.9 Å². The Labute approximate surface area is 175 Å². The molecule has 7 nitrogen and oxygen atoms in total. The normalized spacial score (nSPS) is 12.1. The van der Waals surface area contributed by atoms with Crippen LogP contribution >= 0.6 is 0 Å². The summed E-state index contributed by atoms with van der Waals surface area (Å²) in [6, 6.07) is 14.5. The highest BCUT2D eigenvalue weighted by molar-refractivity contribution is 5.89. The molecule has 0 fully saturated rings. The average molecular weight is 409 g/mol. The topological polar surface area (TPSA) is 84.5 Å². The molecule has 1 aromatic heterocycles. The molecule has 0 aliphatic rings. The summed E-state index contributed by atoms with van der Waals surface area (Å²) in [5, 5.41) is 0.588. The van der Waals surface area contributed by atoms with Crippen LogP contribution in [0.4, 0.5) is 0 Å². The predicted molar refractivity (Wildman–Crippen MR) is 116 cm³/mol. The molecule has 0 radical (unpaired) electrons. The number of esters is 1.